The largest absolute Gasteiger partial charge is 0.349 e. The first-order valence-corrected chi connectivity index (χ1v) is 7.59. The molecule has 0 saturated carbocycles. The lowest BCUT2D eigenvalue weighted by molar-refractivity contribution is 0.0936. The smallest absolute Gasteiger partial charge is 0.257 e. The number of hydrogen-bond donors (Lipinski definition) is 1. The number of pyridine rings is 1. The number of rotatable bonds is 6. The van der Waals surface area contributed by atoms with Gasteiger partial charge >= 0.3 is 0 Å². The number of fused-ring (bicyclic) bond motifs is 1. The molecule has 0 aliphatic rings. The third-order valence-electron chi connectivity index (χ3n) is 3.55. The highest BCUT2D eigenvalue weighted by Gasteiger charge is 2.16. The van der Waals surface area contributed by atoms with E-state index in [-0.39, 0.29) is 17.9 Å². The van der Waals surface area contributed by atoms with Gasteiger partial charge in [-0.2, -0.15) is 0 Å². The summed E-state index contributed by atoms with van der Waals surface area (Å²) in [7, 11) is 4.04. The molecule has 6 nitrogen and oxygen atoms in total. The van der Waals surface area contributed by atoms with E-state index < -0.39 is 0 Å². The summed E-state index contributed by atoms with van der Waals surface area (Å²) in [5.41, 5.74) is 1.84. The molecule has 2 rings (SSSR count). The standard InChI is InChI=1S/C16H24N4O2/c1-10(2)14-13-8-12(9-17-16(13)22-19-14)15(21)18-11(3)6-7-20(4)5/h8-11H,6-7H2,1-5H3,(H,18,21). The molecule has 2 aromatic rings. The summed E-state index contributed by atoms with van der Waals surface area (Å²) in [5.74, 6) is 0.108. The number of amides is 1. The number of aromatic nitrogens is 2. The maximum absolute atomic E-state index is 12.3. The van der Waals surface area contributed by atoms with E-state index in [9.17, 15) is 4.79 Å². The van der Waals surface area contributed by atoms with Crippen molar-refractivity contribution in [1.82, 2.24) is 20.4 Å². The molecule has 2 heterocycles. The molecular weight excluding hydrogens is 280 g/mol. The van der Waals surface area contributed by atoms with Gasteiger partial charge in [0.15, 0.2) is 0 Å². The van der Waals surface area contributed by atoms with Gasteiger partial charge in [-0.1, -0.05) is 19.0 Å². The summed E-state index contributed by atoms with van der Waals surface area (Å²) >= 11 is 0. The van der Waals surface area contributed by atoms with Crippen molar-refractivity contribution in [2.24, 2.45) is 0 Å². The zero-order valence-corrected chi connectivity index (χ0v) is 13.9. The van der Waals surface area contributed by atoms with Crippen molar-refractivity contribution in [2.45, 2.75) is 39.2 Å². The summed E-state index contributed by atoms with van der Waals surface area (Å²) in [5, 5.41) is 7.84. The van der Waals surface area contributed by atoms with Crippen molar-refractivity contribution in [3.05, 3.63) is 23.5 Å². The highest BCUT2D eigenvalue weighted by atomic mass is 16.5. The average Bonchev–Trinajstić information content (AvgIpc) is 2.88. The Morgan fingerprint density at radius 1 is 1.36 bits per heavy atom. The minimum absolute atomic E-state index is 0.109. The predicted molar refractivity (Wildman–Crippen MR) is 86.0 cm³/mol. The Bertz CT molecular complexity index is 649. The van der Waals surface area contributed by atoms with Gasteiger partial charge in [0.25, 0.3) is 11.6 Å². The fourth-order valence-electron chi connectivity index (χ4n) is 2.22. The fourth-order valence-corrected chi connectivity index (χ4v) is 2.22. The molecule has 0 radical (unpaired) electrons. The van der Waals surface area contributed by atoms with Crippen molar-refractivity contribution in [2.75, 3.05) is 20.6 Å². The lowest BCUT2D eigenvalue weighted by atomic mass is 10.1. The van der Waals surface area contributed by atoms with Crippen LogP contribution in [-0.2, 0) is 0 Å². The van der Waals surface area contributed by atoms with Gasteiger partial charge in [0.2, 0.25) is 0 Å². The molecule has 6 heteroatoms. The highest BCUT2D eigenvalue weighted by molar-refractivity contribution is 5.97. The summed E-state index contributed by atoms with van der Waals surface area (Å²) in [4.78, 5) is 18.6. The molecule has 0 aromatic carbocycles. The molecule has 1 amide bonds. The second kappa shape index (κ2) is 6.87. The molecule has 2 aromatic heterocycles. The summed E-state index contributed by atoms with van der Waals surface area (Å²) in [6, 6.07) is 1.92. The van der Waals surface area contributed by atoms with Crippen LogP contribution in [0.15, 0.2) is 16.8 Å². The van der Waals surface area contributed by atoms with Crippen LogP contribution in [-0.4, -0.2) is 47.6 Å². The van der Waals surface area contributed by atoms with Gasteiger partial charge in [-0.3, -0.25) is 4.79 Å². The van der Waals surface area contributed by atoms with Gasteiger partial charge < -0.3 is 14.7 Å². The molecule has 0 bridgehead atoms. The quantitative estimate of drug-likeness (QED) is 0.887. The van der Waals surface area contributed by atoms with E-state index in [2.05, 4.69) is 20.4 Å². The SMILES string of the molecule is CC(CCN(C)C)NC(=O)c1cnc2onc(C(C)C)c2c1. The third-order valence-corrected chi connectivity index (χ3v) is 3.55. The number of hydrogen-bond acceptors (Lipinski definition) is 5. The molecule has 0 fully saturated rings. The molecule has 1 unspecified atom stereocenters. The minimum atomic E-state index is -0.114. The number of nitrogens with one attached hydrogen (secondary N) is 1. The molecule has 0 aliphatic heterocycles. The molecule has 1 atom stereocenters. The van der Waals surface area contributed by atoms with Crippen molar-refractivity contribution in [3.8, 4) is 0 Å². The second-order valence-corrected chi connectivity index (χ2v) is 6.27. The van der Waals surface area contributed by atoms with E-state index in [0.717, 1.165) is 24.0 Å². The van der Waals surface area contributed by atoms with Gasteiger partial charge in [-0.25, -0.2) is 4.98 Å². The highest BCUT2D eigenvalue weighted by Crippen LogP contribution is 2.24. The number of nitrogens with zero attached hydrogens (tertiary/aromatic N) is 3. The van der Waals surface area contributed by atoms with Gasteiger partial charge in [-0.15, -0.1) is 0 Å². The van der Waals surface area contributed by atoms with Crippen LogP contribution in [0.1, 0.15) is 49.2 Å². The first kappa shape index (κ1) is 16.4. The Balaban J connectivity index is 2.12. The molecule has 22 heavy (non-hydrogen) atoms. The Morgan fingerprint density at radius 3 is 2.73 bits per heavy atom. The number of carbonyl (C=O) groups excluding carboxylic acids is 1. The predicted octanol–water partition coefficient (Wildman–Crippen LogP) is 2.42. The maximum Gasteiger partial charge on any atom is 0.257 e. The Labute approximate surface area is 130 Å². The van der Waals surface area contributed by atoms with Crippen LogP contribution >= 0.6 is 0 Å². The molecule has 0 spiro atoms. The topological polar surface area (TPSA) is 71.3 Å². The van der Waals surface area contributed by atoms with Crippen LogP contribution in [0.3, 0.4) is 0 Å². The summed E-state index contributed by atoms with van der Waals surface area (Å²) in [6.07, 6.45) is 2.44. The van der Waals surface area contributed by atoms with Crippen LogP contribution < -0.4 is 5.32 Å². The monoisotopic (exact) mass is 304 g/mol. The lowest BCUT2D eigenvalue weighted by Crippen LogP contribution is -2.34. The number of carbonyl (C=O) groups is 1. The van der Waals surface area contributed by atoms with E-state index in [1.54, 1.807) is 0 Å². The van der Waals surface area contributed by atoms with E-state index in [1.165, 1.54) is 6.20 Å². The Morgan fingerprint density at radius 2 is 2.09 bits per heavy atom. The van der Waals surface area contributed by atoms with Gasteiger partial charge in [0.1, 0.15) is 0 Å². The molecule has 1 N–H and O–H groups in total. The first-order valence-electron chi connectivity index (χ1n) is 7.59. The van der Waals surface area contributed by atoms with Gasteiger partial charge in [0, 0.05) is 12.2 Å². The third kappa shape index (κ3) is 3.82. The van der Waals surface area contributed by atoms with Crippen LogP contribution in [0.25, 0.3) is 11.1 Å². The van der Waals surface area contributed by atoms with Gasteiger partial charge in [-0.05, 0) is 46.0 Å². The molecule has 120 valence electrons. The van der Waals surface area contributed by atoms with E-state index in [1.807, 2.05) is 40.9 Å². The second-order valence-electron chi connectivity index (χ2n) is 6.27. The van der Waals surface area contributed by atoms with Gasteiger partial charge in [0.05, 0.1) is 16.6 Å². The summed E-state index contributed by atoms with van der Waals surface area (Å²) in [6.45, 7) is 7.01. The minimum Gasteiger partial charge on any atom is -0.349 e. The Kier molecular flexibility index (Phi) is 5.13. The van der Waals surface area contributed by atoms with Crippen LogP contribution in [0.2, 0.25) is 0 Å². The van der Waals surface area contributed by atoms with E-state index in [4.69, 9.17) is 4.52 Å². The van der Waals surface area contributed by atoms with Crippen molar-refractivity contribution < 1.29 is 9.32 Å². The summed E-state index contributed by atoms with van der Waals surface area (Å²) < 4.78 is 5.19. The fraction of sp³-hybridized carbons (Fsp3) is 0.562. The van der Waals surface area contributed by atoms with Crippen molar-refractivity contribution in [1.29, 1.82) is 0 Å². The Hall–Kier alpha value is -1.95. The maximum atomic E-state index is 12.3. The van der Waals surface area contributed by atoms with Crippen molar-refractivity contribution >= 4 is 17.0 Å². The zero-order chi connectivity index (χ0) is 16.3. The van der Waals surface area contributed by atoms with E-state index >= 15 is 0 Å². The van der Waals surface area contributed by atoms with Crippen LogP contribution in [0, 0.1) is 0 Å². The first-order chi connectivity index (χ1) is 10.4. The van der Waals surface area contributed by atoms with Crippen molar-refractivity contribution in [3.63, 3.8) is 0 Å². The normalized spacial score (nSPS) is 13.0. The van der Waals surface area contributed by atoms with E-state index in [0.29, 0.717) is 11.3 Å². The lowest BCUT2D eigenvalue weighted by Gasteiger charge is -2.16. The zero-order valence-electron chi connectivity index (χ0n) is 13.9. The van der Waals surface area contributed by atoms with Crippen LogP contribution in [0.5, 0.6) is 0 Å². The molecular formula is C16H24N4O2. The molecule has 0 aliphatic carbocycles. The van der Waals surface area contributed by atoms with Crippen LogP contribution in [0.4, 0.5) is 0 Å². The average molecular weight is 304 g/mol. The molecule has 0 saturated heterocycles.